The lowest BCUT2D eigenvalue weighted by Gasteiger charge is -2.15. The minimum atomic E-state index is -4.45. The molecule has 118 valence electrons. The van der Waals surface area contributed by atoms with Crippen molar-refractivity contribution in [1.29, 1.82) is 0 Å². The maximum absolute atomic E-state index is 12.2. The second kappa shape index (κ2) is 7.84. The summed E-state index contributed by atoms with van der Waals surface area (Å²) in [5, 5.41) is 2.48. The van der Waals surface area contributed by atoms with Crippen LogP contribution in [0, 0.1) is 0 Å². The number of para-hydroxylation sites is 2. The van der Waals surface area contributed by atoms with E-state index in [9.17, 15) is 18.0 Å². The monoisotopic (exact) mass is 306 g/mol. The summed E-state index contributed by atoms with van der Waals surface area (Å²) in [6, 6.07) is 5.89. The number of nitrogens with one attached hydrogen (secondary N) is 1. The highest BCUT2D eigenvalue weighted by Gasteiger charge is 2.28. The van der Waals surface area contributed by atoms with E-state index in [-0.39, 0.29) is 24.4 Å². The van der Waals surface area contributed by atoms with E-state index in [2.05, 4.69) is 10.1 Å². The number of hydrogen-bond acceptors (Lipinski definition) is 4. The third-order valence-corrected chi connectivity index (χ3v) is 2.56. The summed E-state index contributed by atoms with van der Waals surface area (Å²) in [6.07, 6.45) is -4.90. The molecule has 0 aliphatic rings. The molecular formula is C13H17F3N2O3. The standard InChI is InChI=1S/C13H17F3N2O3/c1-20-9(7-17)6-12(19)18-10-4-2-3-5-11(10)21-8-13(14,15)16/h2-5,9H,6-8,17H2,1H3,(H,18,19). The Bertz CT molecular complexity index is 462. The molecule has 1 amide bonds. The minimum absolute atomic E-state index is 0.000600. The number of anilines is 1. The van der Waals surface area contributed by atoms with Gasteiger partial charge in [-0.1, -0.05) is 12.1 Å². The van der Waals surface area contributed by atoms with E-state index in [0.717, 1.165) is 0 Å². The number of alkyl halides is 3. The highest BCUT2D eigenvalue weighted by molar-refractivity contribution is 5.92. The van der Waals surface area contributed by atoms with E-state index in [0.29, 0.717) is 0 Å². The fourth-order valence-electron chi connectivity index (χ4n) is 1.53. The Morgan fingerprint density at radius 1 is 1.38 bits per heavy atom. The van der Waals surface area contributed by atoms with Gasteiger partial charge in [0, 0.05) is 13.7 Å². The highest BCUT2D eigenvalue weighted by Crippen LogP contribution is 2.26. The molecule has 0 aliphatic carbocycles. The number of carbonyl (C=O) groups is 1. The van der Waals surface area contributed by atoms with Gasteiger partial charge in [-0.2, -0.15) is 13.2 Å². The van der Waals surface area contributed by atoms with Crippen molar-refractivity contribution in [2.24, 2.45) is 5.73 Å². The van der Waals surface area contributed by atoms with Crippen LogP contribution in [0.5, 0.6) is 5.75 Å². The van der Waals surface area contributed by atoms with Crippen LogP contribution in [-0.4, -0.2) is 38.4 Å². The van der Waals surface area contributed by atoms with E-state index in [1.807, 2.05) is 0 Å². The number of amides is 1. The zero-order valence-electron chi connectivity index (χ0n) is 11.4. The number of halogens is 3. The Morgan fingerprint density at radius 3 is 2.62 bits per heavy atom. The topological polar surface area (TPSA) is 73.6 Å². The zero-order chi connectivity index (χ0) is 15.9. The number of benzene rings is 1. The molecule has 3 N–H and O–H groups in total. The Morgan fingerprint density at radius 2 is 2.05 bits per heavy atom. The maximum atomic E-state index is 12.2. The predicted octanol–water partition coefficient (Wildman–Crippen LogP) is 1.93. The van der Waals surface area contributed by atoms with Crippen molar-refractivity contribution in [2.75, 3.05) is 25.6 Å². The van der Waals surface area contributed by atoms with Gasteiger partial charge in [0.05, 0.1) is 18.2 Å². The first-order valence-corrected chi connectivity index (χ1v) is 6.17. The van der Waals surface area contributed by atoms with Crippen LogP contribution in [0.3, 0.4) is 0 Å². The van der Waals surface area contributed by atoms with Gasteiger partial charge in [0.15, 0.2) is 6.61 Å². The first kappa shape index (κ1) is 17.3. The lowest BCUT2D eigenvalue weighted by Crippen LogP contribution is -2.28. The summed E-state index contributed by atoms with van der Waals surface area (Å²) < 4.78 is 46.1. The van der Waals surface area contributed by atoms with E-state index >= 15 is 0 Å². The van der Waals surface area contributed by atoms with Crippen LogP contribution in [0.2, 0.25) is 0 Å². The smallest absolute Gasteiger partial charge is 0.422 e. The van der Waals surface area contributed by atoms with Gasteiger partial charge in [-0.05, 0) is 12.1 Å². The number of rotatable bonds is 7. The van der Waals surface area contributed by atoms with Crippen LogP contribution < -0.4 is 15.8 Å². The maximum Gasteiger partial charge on any atom is 0.422 e. The summed E-state index contributed by atoms with van der Waals surface area (Å²) >= 11 is 0. The molecule has 0 bridgehead atoms. The largest absolute Gasteiger partial charge is 0.482 e. The summed E-state index contributed by atoms with van der Waals surface area (Å²) in [7, 11) is 1.42. The summed E-state index contributed by atoms with van der Waals surface area (Å²) in [6.45, 7) is -1.26. The number of hydrogen-bond donors (Lipinski definition) is 2. The van der Waals surface area contributed by atoms with Crippen molar-refractivity contribution < 1.29 is 27.4 Å². The molecule has 1 atom stereocenters. The first-order valence-electron chi connectivity index (χ1n) is 6.17. The number of methoxy groups -OCH3 is 1. The second-order valence-corrected chi connectivity index (χ2v) is 4.25. The molecule has 0 aliphatic heterocycles. The molecule has 1 rings (SSSR count). The SMILES string of the molecule is COC(CN)CC(=O)Nc1ccccc1OCC(F)(F)F. The summed E-state index contributed by atoms with van der Waals surface area (Å²) in [4.78, 5) is 11.8. The minimum Gasteiger partial charge on any atom is -0.482 e. The van der Waals surface area contributed by atoms with Crippen molar-refractivity contribution in [3.8, 4) is 5.75 Å². The molecule has 5 nitrogen and oxygen atoms in total. The number of carbonyl (C=O) groups excluding carboxylic acids is 1. The quantitative estimate of drug-likeness (QED) is 0.807. The molecule has 0 aromatic heterocycles. The van der Waals surface area contributed by atoms with Crippen LogP contribution in [0.15, 0.2) is 24.3 Å². The molecule has 0 radical (unpaired) electrons. The molecule has 1 aromatic rings. The summed E-state index contributed by atoms with van der Waals surface area (Å²) in [5.41, 5.74) is 5.56. The molecule has 0 saturated heterocycles. The third kappa shape index (κ3) is 6.46. The van der Waals surface area contributed by atoms with Crippen LogP contribution in [0.1, 0.15) is 6.42 Å². The number of nitrogens with two attached hydrogens (primary N) is 1. The zero-order valence-corrected chi connectivity index (χ0v) is 11.4. The molecule has 0 fully saturated rings. The van der Waals surface area contributed by atoms with Gasteiger partial charge in [-0.25, -0.2) is 0 Å². The van der Waals surface area contributed by atoms with Gasteiger partial charge in [0.25, 0.3) is 0 Å². The lowest BCUT2D eigenvalue weighted by atomic mass is 10.2. The molecule has 1 unspecified atom stereocenters. The summed E-state index contributed by atoms with van der Waals surface area (Å²) in [5.74, 6) is -0.472. The van der Waals surface area contributed by atoms with Crippen molar-refractivity contribution in [3.05, 3.63) is 24.3 Å². The average molecular weight is 306 g/mol. The van der Waals surface area contributed by atoms with Crippen LogP contribution >= 0.6 is 0 Å². The molecule has 0 heterocycles. The Kier molecular flexibility index (Phi) is 6.44. The van der Waals surface area contributed by atoms with Gasteiger partial charge < -0.3 is 20.5 Å². The van der Waals surface area contributed by atoms with Crippen LogP contribution in [-0.2, 0) is 9.53 Å². The normalized spacial score (nSPS) is 12.8. The third-order valence-electron chi connectivity index (χ3n) is 2.56. The first-order chi connectivity index (χ1) is 9.85. The molecule has 0 spiro atoms. The van der Waals surface area contributed by atoms with Crippen LogP contribution in [0.4, 0.5) is 18.9 Å². The van der Waals surface area contributed by atoms with Crippen molar-refractivity contribution in [2.45, 2.75) is 18.7 Å². The molecule has 21 heavy (non-hydrogen) atoms. The lowest BCUT2D eigenvalue weighted by molar-refractivity contribution is -0.153. The molecule has 1 aromatic carbocycles. The number of ether oxygens (including phenoxy) is 2. The van der Waals surface area contributed by atoms with E-state index in [1.165, 1.54) is 25.3 Å². The van der Waals surface area contributed by atoms with Gasteiger partial charge in [-0.15, -0.1) is 0 Å². The fourth-order valence-corrected chi connectivity index (χ4v) is 1.53. The average Bonchev–Trinajstić information content (AvgIpc) is 2.43. The van der Waals surface area contributed by atoms with Crippen LogP contribution in [0.25, 0.3) is 0 Å². The Balaban J connectivity index is 2.68. The Labute approximate surface area is 120 Å². The molecule has 8 heteroatoms. The van der Waals surface area contributed by atoms with Gasteiger partial charge in [0.1, 0.15) is 5.75 Å². The van der Waals surface area contributed by atoms with Crippen molar-refractivity contribution >= 4 is 11.6 Å². The fraction of sp³-hybridized carbons (Fsp3) is 0.462. The predicted molar refractivity (Wildman–Crippen MR) is 71.1 cm³/mol. The van der Waals surface area contributed by atoms with E-state index in [1.54, 1.807) is 6.07 Å². The van der Waals surface area contributed by atoms with Gasteiger partial charge >= 0.3 is 6.18 Å². The van der Waals surface area contributed by atoms with E-state index in [4.69, 9.17) is 10.5 Å². The van der Waals surface area contributed by atoms with Crippen molar-refractivity contribution in [3.63, 3.8) is 0 Å². The second-order valence-electron chi connectivity index (χ2n) is 4.25. The molecular weight excluding hydrogens is 289 g/mol. The van der Waals surface area contributed by atoms with Crippen molar-refractivity contribution in [1.82, 2.24) is 0 Å². The van der Waals surface area contributed by atoms with Gasteiger partial charge in [0.2, 0.25) is 5.91 Å². The highest BCUT2D eigenvalue weighted by atomic mass is 19.4. The van der Waals surface area contributed by atoms with Gasteiger partial charge in [-0.3, -0.25) is 4.79 Å². The molecule has 0 saturated carbocycles. The Hall–Kier alpha value is -1.80. The van der Waals surface area contributed by atoms with E-state index < -0.39 is 24.8 Å².